The molecule has 3 aromatic carbocycles. The molecule has 9 heteroatoms. The van der Waals surface area contributed by atoms with Gasteiger partial charge in [0, 0.05) is 31.6 Å². The molecule has 0 saturated heterocycles. The van der Waals surface area contributed by atoms with Crippen LogP contribution in [0.15, 0.2) is 71.6 Å². The Morgan fingerprint density at radius 2 is 1.53 bits per heavy atom. The summed E-state index contributed by atoms with van der Waals surface area (Å²) in [5, 5.41) is 19.3. The number of nitrogens with one attached hydrogen (secondary N) is 2. The molecule has 1 aliphatic rings. The van der Waals surface area contributed by atoms with Crippen molar-refractivity contribution in [1.29, 1.82) is 0 Å². The van der Waals surface area contributed by atoms with Crippen LogP contribution in [-0.4, -0.2) is 58.2 Å². The van der Waals surface area contributed by atoms with Crippen molar-refractivity contribution >= 4 is 27.1 Å². The summed E-state index contributed by atoms with van der Waals surface area (Å²) in [7, 11) is 0.0887. The van der Waals surface area contributed by atoms with E-state index < -0.39 is 27.5 Å². The van der Waals surface area contributed by atoms with E-state index in [1.807, 2.05) is 79.7 Å². The molecule has 7 nitrogen and oxygen atoms in total. The zero-order valence-corrected chi connectivity index (χ0v) is 27.3. The molecule has 4 rings (SSSR count). The number of aliphatic hydroxyl groups excluding tert-OH is 1. The number of alkyl halides is 1. The van der Waals surface area contributed by atoms with Crippen LogP contribution in [0.5, 0.6) is 5.75 Å². The highest BCUT2D eigenvalue weighted by atomic mass is 35.5. The van der Waals surface area contributed by atoms with Gasteiger partial charge in [-0.1, -0.05) is 63.1 Å². The average Bonchev–Trinajstić information content (AvgIpc) is 3.07. The minimum Gasteiger partial charge on any atom is -0.489 e. The SMILES string of the molecule is CCCCNC1(NCCCC)CS(=O)(=O)c2ccc(N(C)C)cc2C(c2ccc(OCc3ccc(CCl)cc3)cc2)[C@H]1O. The predicted molar refractivity (Wildman–Crippen MR) is 176 cm³/mol. The molecule has 2 atom stereocenters. The Balaban J connectivity index is 1.75. The molecular weight excluding hydrogens is 582 g/mol. The Morgan fingerprint density at radius 3 is 2.09 bits per heavy atom. The lowest BCUT2D eigenvalue weighted by Gasteiger charge is -2.41. The summed E-state index contributed by atoms with van der Waals surface area (Å²) in [5.74, 6) is 0.312. The average molecular weight is 628 g/mol. The van der Waals surface area contributed by atoms with E-state index in [9.17, 15) is 13.5 Å². The summed E-state index contributed by atoms with van der Waals surface area (Å²) in [6.07, 6.45) is 2.58. The van der Waals surface area contributed by atoms with Crippen LogP contribution in [0.4, 0.5) is 5.69 Å². The van der Waals surface area contributed by atoms with Crippen molar-refractivity contribution in [3.05, 3.63) is 89.0 Å². The first-order valence-electron chi connectivity index (χ1n) is 15.2. The normalized spacial score (nSPS) is 18.9. The van der Waals surface area contributed by atoms with Gasteiger partial charge in [-0.05, 0) is 78.5 Å². The van der Waals surface area contributed by atoms with E-state index in [2.05, 4.69) is 24.5 Å². The number of halogens is 1. The molecule has 1 unspecified atom stereocenters. The van der Waals surface area contributed by atoms with E-state index in [1.165, 1.54) is 0 Å². The smallest absolute Gasteiger partial charge is 0.181 e. The number of sulfone groups is 1. The number of hydrogen-bond donors (Lipinski definition) is 3. The highest BCUT2D eigenvalue weighted by Gasteiger charge is 2.50. The van der Waals surface area contributed by atoms with Crippen molar-refractivity contribution in [2.45, 2.75) is 74.6 Å². The fourth-order valence-corrected chi connectivity index (χ4v) is 7.76. The van der Waals surface area contributed by atoms with Gasteiger partial charge in [-0.3, -0.25) is 10.6 Å². The van der Waals surface area contributed by atoms with Gasteiger partial charge in [-0.15, -0.1) is 11.6 Å². The molecule has 0 bridgehead atoms. The molecule has 0 amide bonds. The second-order valence-corrected chi connectivity index (χ2v) is 13.9. The Kier molecular flexibility index (Phi) is 11.5. The van der Waals surface area contributed by atoms with Crippen molar-refractivity contribution in [3.8, 4) is 5.75 Å². The highest BCUT2D eigenvalue weighted by Crippen LogP contribution is 2.42. The van der Waals surface area contributed by atoms with Crippen LogP contribution >= 0.6 is 11.6 Å². The number of unbranched alkanes of at least 4 members (excludes halogenated alkanes) is 2. The van der Waals surface area contributed by atoms with Crippen molar-refractivity contribution in [2.75, 3.05) is 37.8 Å². The van der Waals surface area contributed by atoms with Gasteiger partial charge in [0.25, 0.3) is 0 Å². The number of benzene rings is 3. The standard InChI is InChI=1S/C34H46ClN3O4S/c1-5-7-19-36-34(37-20-8-6-2)24-43(40,41)31-18-15-28(38(3)4)21-30(31)32(33(34)39)27-13-16-29(17-14-27)42-23-26-11-9-25(22-35)10-12-26/h9-18,21,32-33,36-37,39H,5-8,19-20,22-24H2,1-4H3/t32?,33-/m1/s1. The van der Waals surface area contributed by atoms with Gasteiger partial charge in [-0.2, -0.15) is 0 Å². The molecule has 0 saturated carbocycles. The van der Waals surface area contributed by atoms with Gasteiger partial charge in [-0.25, -0.2) is 8.42 Å². The van der Waals surface area contributed by atoms with Gasteiger partial charge >= 0.3 is 0 Å². The van der Waals surface area contributed by atoms with Gasteiger partial charge < -0.3 is 14.7 Å². The Hall–Kier alpha value is -2.62. The van der Waals surface area contributed by atoms with E-state index in [0.717, 1.165) is 48.1 Å². The van der Waals surface area contributed by atoms with Gasteiger partial charge in [0.1, 0.15) is 18.0 Å². The van der Waals surface area contributed by atoms with Crippen molar-refractivity contribution in [1.82, 2.24) is 10.6 Å². The third-order valence-corrected chi connectivity index (χ3v) is 10.4. The summed E-state index contributed by atoms with van der Waals surface area (Å²) >= 11 is 5.91. The molecule has 0 aliphatic carbocycles. The molecule has 3 aromatic rings. The number of aliphatic hydroxyl groups is 1. The molecule has 0 aromatic heterocycles. The number of anilines is 1. The summed E-state index contributed by atoms with van der Waals surface area (Å²) in [5.41, 5.74) is 3.16. The quantitative estimate of drug-likeness (QED) is 0.118. The van der Waals surface area contributed by atoms with Crippen LogP contribution in [-0.2, 0) is 22.3 Å². The van der Waals surface area contributed by atoms with Gasteiger partial charge in [0.05, 0.1) is 16.8 Å². The van der Waals surface area contributed by atoms with Crippen molar-refractivity contribution < 1.29 is 18.3 Å². The number of hydrogen-bond acceptors (Lipinski definition) is 7. The van der Waals surface area contributed by atoms with Crippen molar-refractivity contribution in [3.63, 3.8) is 0 Å². The lowest BCUT2D eigenvalue weighted by molar-refractivity contribution is 0.0377. The molecule has 1 heterocycles. The minimum atomic E-state index is -3.77. The summed E-state index contributed by atoms with van der Waals surface area (Å²) in [6.45, 7) is 5.78. The summed E-state index contributed by atoms with van der Waals surface area (Å²) in [6, 6.07) is 21.1. The molecular formula is C34H46ClN3O4S. The first-order valence-corrected chi connectivity index (χ1v) is 17.4. The number of fused-ring (bicyclic) bond motifs is 1. The maximum absolute atomic E-state index is 14.1. The second-order valence-electron chi connectivity index (χ2n) is 11.6. The monoisotopic (exact) mass is 627 g/mol. The molecule has 0 radical (unpaired) electrons. The molecule has 3 N–H and O–H groups in total. The fraction of sp³-hybridized carbons (Fsp3) is 0.471. The topological polar surface area (TPSA) is 90.9 Å². The van der Waals surface area contributed by atoms with E-state index in [4.69, 9.17) is 16.3 Å². The van der Waals surface area contributed by atoms with E-state index >= 15 is 0 Å². The van der Waals surface area contributed by atoms with Crippen LogP contribution in [0.25, 0.3) is 0 Å². The Morgan fingerprint density at radius 1 is 0.930 bits per heavy atom. The van der Waals surface area contributed by atoms with Crippen LogP contribution in [0.2, 0.25) is 0 Å². The molecule has 0 spiro atoms. The zero-order valence-electron chi connectivity index (χ0n) is 25.8. The predicted octanol–water partition coefficient (Wildman–Crippen LogP) is 5.83. The fourth-order valence-electron chi connectivity index (χ4n) is 5.63. The highest BCUT2D eigenvalue weighted by molar-refractivity contribution is 7.91. The van der Waals surface area contributed by atoms with E-state index in [0.29, 0.717) is 36.9 Å². The number of rotatable bonds is 14. The lowest BCUT2D eigenvalue weighted by Crippen LogP contribution is -2.68. The number of ether oxygens (including phenoxy) is 1. The molecule has 234 valence electrons. The summed E-state index contributed by atoms with van der Waals surface area (Å²) in [4.78, 5) is 2.21. The Bertz CT molecular complexity index is 1420. The van der Waals surface area contributed by atoms with E-state index in [1.54, 1.807) is 6.07 Å². The third kappa shape index (κ3) is 7.91. The lowest BCUT2D eigenvalue weighted by atomic mass is 9.81. The minimum absolute atomic E-state index is 0.247. The van der Waals surface area contributed by atoms with Crippen LogP contribution in [0, 0.1) is 0 Å². The van der Waals surface area contributed by atoms with Crippen LogP contribution in [0.3, 0.4) is 0 Å². The third-order valence-electron chi connectivity index (χ3n) is 8.18. The second kappa shape index (κ2) is 14.9. The maximum atomic E-state index is 14.1. The zero-order chi connectivity index (χ0) is 31.0. The van der Waals surface area contributed by atoms with Crippen LogP contribution < -0.4 is 20.3 Å². The van der Waals surface area contributed by atoms with Gasteiger partial charge in [0.2, 0.25) is 0 Å². The van der Waals surface area contributed by atoms with Crippen LogP contribution in [0.1, 0.15) is 67.7 Å². The molecule has 43 heavy (non-hydrogen) atoms. The first kappa shape index (κ1) is 33.3. The first-order chi connectivity index (χ1) is 20.6. The molecule has 1 aliphatic heterocycles. The summed E-state index contributed by atoms with van der Waals surface area (Å²) < 4.78 is 34.2. The largest absolute Gasteiger partial charge is 0.489 e. The van der Waals surface area contributed by atoms with E-state index in [-0.39, 0.29) is 10.6 Å². The Labute approximate surface area is 262 Å². The number of nitrogens with zero attached hydrogens (tertiary/aromatic N) is 1. The van der Waals surface area contributed by atoms with Crippen molar-refractivity contribution in [2.24, 2.45) is 0 Å². The maximum Gasteiger partial charge on any atom is 0.181 e. The molecule has 0 fully saturated rings. The van der Waals surface area contributed by atoms with Gasteiger partial charge in [0.15, 0.2) is 9.84 Å².